The van der Waals surface area contributed by atoms with Crippen LogP contribution in [-0.4, -0.2) is 47.2 Å². The molecule has 0 unspecified atom stereocenters. The standard InChI is InChI=1S/C27H27N9O2/c1-5-23(37)19-13-29-25(33-24-10-9-17(12-28-24)22-14-35(2)15-30-22)11-21(19)32-20-8-6-7-18(26(20)38-4)27-31-16-36(3)34-27/h6-16H,5H2,1-4H3,(H2,28,29,32,33). The van der Waals surface area contributed by atoms with Gasteiger partial charge in [-0.05, 0) is 24.3 Å². The number of aryl methyl sites for hydroxylation is 2. The number of ketones is 1. The number of benzene rings is 1. The maximum absolute atomic E-state index is 12.7. The van der Waals surface area contributed by atoms with Crippen LogP contribution in [0.2, 0.25) is 0 Å². The lowest BCUT2D eigenvalue weighted by atomic mass is 10.1. The lowest BCUT2D eigenvalue weighted by Gasteiger charge is -2.17. The lowest BCUT2D eigenvalue weighted by molar-refractivity contribution is 0.0988. The van der Waals surface area contributed by atoms with Gasteiger partial charge in [0.15, 0.2) is 17.4 Å². The predicted molar refractivity (Wildman–Crippen MR) is 145 cm³/mol. The van der Waals surface area contributed by atoms with E-state index >= 15 is 0 Å². The van der Waals surface area contributed by atoms with Crippen LogP contribution in [0.4, 0.5) is 23.0 Å². The molecule has 192 valence electrons. The SMILES string of the molecule is CCC(=O)c1cnc(Nc2ccc(-c3cn(C)cn3)cn2)cc1Nc1cccc(-c2ncn(C)n2)c1OC. The average molecular weight is 510 g/mol. The number of carbonyl (C=O) groups excluding carboxylic acids is 1. The molecule has 0 amide bonds. The van der Waals surface area contributed by atoms with Crippen LogP contribution in [0.25, 0.3) is 22.6 Å². The molecule has 0 atom stereocenters. The van der Waals surface area contributed by atoms with Crippen molar-refractivity contribution in [1.29, 1.82) is 0 Å². The monoisotopic (exact) mass is 509 g/mol. The molecule has 0 fully saturated rings. The van der Waals surface area contributed by atoms with Crippen LogP contribution in [0.15, 0.2) is 67.6 Å². The fourth-order valence-electron chi connectivity index (χ4n) is 3.99. The largest absolute Gasteiger partial charge is 0.494 e. The quantitative estimate of drug-likeness (QED) is 0.271. The number of anilines is 4. The minimum atomic E-state index is -0.0362. The van der Waals surface area contributed by atoms with E-state index in [9.17, 15) is 4.79 Å². The molecule has 0 aliphatic rings. The van der Waals surface area contributed by atoms with E-state index in [4.69, 9.17) is 4.74 Å². The number of carbonyl (C=O) groups is 1. The van der Waals surface area contributed by atoms with E-state index in [0.717, 1.165) is 16.8 Å². The first-order valence-corrected chi connectivity index (χ1v) is 12.0. The van der Waals surface area contributed by atoms with Gasteiger partial charge in [0, 0.05) is 50.7 Å². The molecule has 0 aliphatic heterocycles. The topological polar surface area (TPSA) is 125 Å². The second-order valence-corrected chi connectivity index (χ2v) is 8.63. The minimum absolute atomic E-state index is 0.0362. The molecule has 0 aliphatic carbocycles. The van der Waals surface area contributed by atoms with Crippen molar-refractivity contribution in [3.05, 3.63) is 73.2 Å². The molecule has 4 aromatic heterocycles. The summed E-state index contributed by atoms with van der Waals surface area (Å²) in [6.07, 6.45) is 8.96. The zero-order chi connectivity index (χ0) is 26.6. The van der Waals surface area contributed by atoms with Gasteiger partial charge in [-0.25, -0.2) is 19.9 Å². The number of imidazole rings is 1. The molecule has 5 rings (SSSR count). The van der Waals surface area contributed by atoms with E-state index in [2.05, 4.69) is 35.7 Å². The highest BCUT2D eigenvalue weighted by Crippen LogP contribution is 2.37. The lowest BCUT2D eigenvalue weighted by Crippen LogP contribution is -2.07. The van der Waals surface area contributed by atoms with Crippen molar-refractivity contribution in [2.75, 3.05) is 17.7 Å². The number of Topliss-reactive ketones (excluding diaryl/α,β-unsaturated/α-hetero) is 1. The Morgan fingerprint density at radius 3 is 2.45 bits per heavy atom. The first kappa shape index (κ1) is 24.6. The van der Waals surface area contributed by atoms with Crippen LogP contribution in [0, 0.1) is 0 Å². The number of rotatable bonds is 9. The number of nitrogens with zero attached hydrogens (tertiary/aromatic N) is 7. The van der Waals surface area contributed by atoms with E-state index in [0.29, 0.717) is 46.6 Å². The molecular formula is C27H27N9O2. The smallest absolute Gasteiger partial charge is 0.184 e. The first-order valence-electron chi connectivity index (χ1n) is 12.0. The van der Waals surface area contributed by atoms with Gasteiger partial charge in [0.2, 0.25) is 0 Å². The number of nitrogens with one attached hydrogen (secondary N) is 2. The Kier molecular flexibility index (Phi) is 6.81. The van der Waals surface area contributed by atoms with E-state index in [-0.39, 0.29) is 5.78 Å². The summed E-state index contributed by atoms with van der Waals surface area (Å²) in [4.78, 5) is 30.4. The van der Waals surface area contributed by atoms with Crippen molar-refractivity contribution >= 4 is 28.8 Å². The van der Waals surface area contributed by atoms with Gasteiger partial charge in [-0.3, -0.25) is 9.48 Å². The average Bonchev–Trinajstić information content (AvgIpc) is 3.57. The van der Waals surface area contributed by atoms with Gasteiger partial charge >= 0.3 is 0 Å². The first-order chi connectivity index (χ1) is 18.4. The summed E-state index contributed by atoms with van der Waals surface area (Å²) in [5.41, 5.74) is 4.20. The maximum Gasteiger partial charge on any atom is 0.184 e. The van der Waals surface area contributed by atoms with Crippen molar-refractivity contribution in [3.63, 3.8) is 0 Å². The van der Waals surface area contributed by atoms with Crippen molar-refractivity contribution in [3.8, 4) is 28.4 Å². The Bertz CT molecular complexity index is 1590. The summed E-state index contributed by atoms with van der Waals surface area (Å²) in [7, 11) is 5.32. The second kappa shape index (κ2) is 10.5. The van der Waals surface area contributed by atoms with E-state index in [1.54, 1.807) is 50.0 Å². The van der Waals surface area contributed by atoms with Crippen molar-refractivity contribution in [2.24, 2.45) is 14.1 Å². The molecule has 11 nitrogen and oxygen atoms in total. The van der Waals surface area contributed by atoms with Gasteiger partial charge in [0.25, 0.3) is 0 Å². The number of hydrogen-bond acceptors (Lipinski definition) is 9. The van der Waals surface area contributed by atoms with Gasteiger partial charge in [-0.2, -0.15) is 5.10 Å². The van der Waals surface area contributed by atoms with Gasteiger partial charge in [-0.1, -0.05) is 13.0 Å². The summed E-state index contributed by atoms with van der Waals surface area (Å²) < 4.78 is 9.24. The Hall–Kier alpha value is -5.06. The molecule has 0 radical (unpaired) electrons. The number of aromatic nitrogens is 7. The highest BCUT2D eigenvalue weighted by atomic mass is 16.5. The fraction of sp³-hybridized carbons (Fsp3) is 0.185. The Morgan fingerprint density at radius 1 is 0.947 bits per heavy atom. The number of pyridine rings is 2. The third-order valence-electron chi connectivity index (χ3n) is 5.87. The third kappa shape index (κ3) is 5.07. The zero-order valence-electron chi connectivity index (χ0n) is 21.5. The summed E-state index contributed by atoms with van der Waals surface area (Å²) in [5.74, 6) is 2.20. The maximum atomic E-state index is 12.7. The molecule has 0 saturated heterocycles. The fourth-order valence-corrected chi connectivity index (χ4v) is 3.99. The molecule has 11 heteroatoms. The summed E-state index contributed by atoms with van der Waals surface area (Å²) in [6, 6.07) is 11.2. The molecule has 0 saturated carbocycles. The van der Waals surface area contributed by atoms with Crippen molar-refractivity contribution < 1.29 is 9.53 Å². The Morgan fingerprint density at radius 2 is 1.79 bits per heavy atom. The summed E-state index contributed by atoms with van der Waals surface area (Å²) in [6.45, 7) is 1.82. The zero-order valence-corrected chi connectivity index (χ0v) is 21.5. The van der Waals surface area contributed by atoms with Gasteiger partial charge in [-0.15, -0.1) is 0 Å². The van der Waals surface area contributed by atoms with E-state index in [1.807, 2.05) is 55.1 Å². The molecule has 0 bridgehead atoms. The van der Waals surface area contributed by atoms with Crippen LogP contribution in [0.1, 0.15) is 23.7 Å². The Labute approximate surface area is 219 Å². The van der Waals surface area contributed by atoms with E-state index in [1.165, 1.54) is 0 Å². The molecular weight excluding hydrogens is 482 g/mol. The molecule has 1 aromatic carbocycles. The summed E-state index contributed by atoms with van der Waals surface area (Å²) in [5, 5.41) is 11.0. The van der Waals surface area contributed by atoms with Crippen LogP contribution < -0.4 is 15.4 Å². The molecule has 5 aromatic rings. The number of hydrogen-bond donors (Lipinski definition) is 2. The van der Waals surface area contributed by atoms with E-state index < -0.39 is 0 Å². The van der Waals surface area contributed by atoms with Gasteiger partial charge < -0.3 is 19.9 Å². The van der Waals surface area contributed by atoms with Crippen molar-refractivity contribution in [1.82, 2.24) is 34.3 Å². The highest BCUT2D eigenvalue weighted by molar-refractivity contribution is 6.02. The molecule has 2 N–H and O–H groups in total. The third-order valence-corrected chi connectivity index (χ3v) is 5.87. The predicted octanol–water partition coefficient (Wildman–Crippen LogP) is 4.76. The number of ether oxygens (including phenoxy) is 1. The summed E-state index contributed by atoms with van der Waals surface area (Å²) >= 11 is 0. The molecule has 4 heterocycles. The highest BCUT2D eigenvalue weighted by Gasteiger charge is 2.18. The van der Waals surface area contributed by atoms with Crippen LogP contribution in [0.5, 0.6) is 5.75 Å². The van der Waals surface area contributed by atoms with Gasteiger partial charge in [0.05, 0.1) is 41.6 Å². The Balaban J connectivity index is 1.45. The molecule has 0 spiro atoms. The molecule has 38 heavy (non-hydrogen) atoms. The number of para-hydroxylation sites is 1. The van der Waals surface area contributed by atoms with Crippen LogP contribution >= 0.6 is 0 Å². The number of methoxy groups -OCH3 is 1. The van der Waals surface area contributed by atoms with Crippen LogP contribution in [-0.2, 0) is 14.1 Å². The normalized spacial score (nSPS) is 10.8. The minimum Gasteiger partial charge on any atom is -0.494 e. The van der Waals surface area contributed by atoms with Gasteiger partial charge in [0.1, 0.15) is 18.0 Å². The van der Waals surface area contributed by atoms with Crippen LogP contribution in [0.3, 0.4) is 0 Å². The van der Waals surface area contributed by atoms with Crippen molar-refractivity contribution in [2.45, 2.75) is 13.3 Å². The second-order valence-electron chi connectivity index (χ2n) is 8.63.